The Labute approximate surface area is 105 Å². The Morgan fingerprint density at radius 3 is 2.72 bits per heavy atom. The van der Waals surface area contributed by atoms with Gasteiger partial charge in [0.05, 0.1) is 4.90 Å². The van der Waals surface area contributed by atoms with Gasteiger partial charge in [-0.05, 0) is 29.8 Å². The number of hydrogen-bond acceptors (Lipinski definition) is 2. The lowest BCUT2D eigenvalue weighted by molar-refractivity contribution is 0.577. The van der Waals surface area contributed by atoms with E-state index in [0.29, 0.717) is 0 Å². The van der Waals surface area contributed by atoms with E-state index in [4.69, 9.17) is 0 Å². The van der Waals surface area contributed by atoms with E-state index in [2.05, 4.69) is 4.72 Å². The van der Waals surface area contributed by atoms with Gasteiger partial charge in [0.2, 0.25) is 10.0 Å². The van der Waals surface area contributed by atoms with Crippen LogP contribution in [0.4, 0.5) is 4.39 Å². The third kappa shape index (κ3) is 2.96. The Bertz CT molecular complexity index is 650. The molecule has 1 heterocycles. The minimum absolute atomic E-state index is 0.0709. The van der Waals surface area contributed by atoms with Crippen molar-refractivity contribution in [2.24, 2.45) is 7.05 Å². The van der Waals surface area contributed by atoms with E-state index in [1.807, 2.05) is 30.1 Å². The van der Waals surface area contributed by atoms with Gasteiger partial charge in [0.1, 0.15) is 5.82 Å². The van der Waals surface area contributed by atoms with E-state index in [-0.39, 0.29) is 11.4 Å². The SMILES string of the molecule is Cn1ccc(CNS(=O)(=O)c2cccc(F)c2)c1. The van der Waals surface area contributed by atoms with Gasteiger partial charge in [-0.25, -0.2) is 17.5 Å². The molecule has 0 saturated carbocycles. The van der Waals surface area contributed by atoms with E-state index >= 15 is 0 Å². The van der Waals surface area contributed by atoms with Crippen LogP contribution in [-0.2, 0) is 23.6 Å². The number of halogens is 1. The van der Waals surface area contributed by atoms with Crippen molar-refractivity contribution >= 4 is 10.0 Å². The minimum atomic E-state index is -3.67. The zero-order chi connectivity index (χ0) is 13.2. The van der Waals surface area contributed by atoms with Gasteiger partial charge in [0.15, 0.2) is 0 Å². The normalized spacial score (nSPS) is 11.7. The second-order valence-electron chi connectivity index (χ2n) is 3.97. The molecule has 6 heteroatoms. The summed E-state index contributed by atoms with van der Waals surface area (Å²) in [5, 5.41) is 0. The Morgan fingerprint density at radius 1 is 1.33 bits per heavy atom. The number of benzene rings is 1. The van der Waals surface area contributed by atoms with Gasteiger partial charge in [-0.2, -0.15) is 0 Å². The first kappa shape index (κ1) is 12.8. The monoisotopic (exact) mass is 268 g/mol. The molecule has 1 aromatic heterocycles. The fourth-order valence-electron chi connectivity index (χ4n) is 1.56. The molecule has 0 bridgehead atoms. The van der Waals surface area contributed by atoms with Crippen LogP contribution >= 0.6 is 0 Å². The van der Waals surface area contributed by atoms with Crippen LogP contribution in [0, 0.1) is 5.82 Å². The van der Waals surface area contributed by atoms with Crippen molar-refractivity contribution in [3.8, 4) is 0 Å². The number of aromatic nitrogens is 1. The van der Waals surface area contributed by atoms with E-state index in [1.54, 1.807) is 0 Å². The zero-order valence-electron chi connectivity index (χ0n) is 9.80. The lowest BCUT2D eigenvalue weighted by Gasteiger charge is -2.05. The number of nitrogens with one attached hydrogen (secondary N) is 1. The second-order valence-corrected chi connectivity index (χ2v) is 5.73. The molecule has 2 rings (SSSR count). The fraction of sp³-hybridized carbons (Fsp3) is 0.167. The van der Waals surface area contributed by atoms with Gasteiger partial charge in [0.25, 0.3) is 0 Å². The molecular formula is C12H13FN2O2S. The summed E-state index contributed by atoms with van der Waals surface area (Å²) in [6.45, 7) is 0.180. The largest absolute Gasteiger partial charge is 0.357 e. The molecule has 96 valence electrons. The molecule has 0 amide bonds. The van der Waals surface area contributed by atoms with E-state index in [0.717, 1.165) is 11.6 Å². The van der Waals surface area contributed by atoms with Crippen LogP contribution in [0.2, 0.25) is 0 Å². The van der Waals surface area contributed by atoms with Gasteiger partial charge in [-0.1, -0.05) is 6.07 Å². The van der Waals surface area contributed by atoms with E-state index in [1.165, 1.54) is 18.2 Å². The number of aryl methyl sites for hydroxylation is 1. The lowest BCUT2D eigenvalue weighted by Crippen LogP contribution is -2.23. The molecule has 0 aliphatic heterocycles. The van der Waals surface area contributed by atoms with Crippen molar-refractivity contribution in [2.75, 3.05) is 0 Å². The molecule has 18 heavy (non-hydrogen) atoms. The number of rotatable bonds is 4. The summed E-state index contributed by atoms with van der Waals surface area (Å²) in [6, 6.07) is 6.74. The van der Waals surface area contributed by atoms with Crippen LogP contribution in [0.5, 0.6) is 0 Å². The van der Waals surface area contributed by atoms with Gasteiger partial charge < -0.3 is 4.57 Å². The maximum absolute atomic E-state index is 13.0. The molecule has 2 aromatic rings. The topological polar surface area (TPSA) is 51.1 Å². The summed E-state index contributed by atoms with van der Waals surface area (Å²) in [5.41, 5.74) is 0.845. The van der Waals surface area contributed by atoms with Crippen LogP contribution in [0.1, 0.15) is 5.56 Å². The molecule has 0 spiro atoms. The number of hydrogen-bond donors (Lipinski definition) is 1. The maximum Gasteiger partial charge on any atom is 0.240 e. The fourth-order valence-corrected chi connectivity index (χ4v) is 2.61. The van der Waals surface area contributed by atoms with Crippen molar-refractivity contribution in [3.63, 3.8) is 0 Å². The Hall–Kier alpha value is -1.66. The predicted molar refractivity (Wildman–Crippen MR) is 65.8 cm³/mol. The number of sulfonamides is 1. The van der Waals surface area contributed by atoms with E-state index in [9.17, 15) is 12.8 Å². The molecule has 1 N–H and O–H groups in total. The summed E-state index contributed by atoms with van der Waals surface area (Å²) in [4.78, 5) is -0.0709. The highest BCUT2D eigenvalue weighted by molar-refractivity contribution is 7.89. The van der Waals surface area contributed by atoms with Crippen molar-refractivity contribution in [2.45, 2.75) is 11.4 Å². The first-order valence-electron chi connectivity index (χ1n) is 5.33. The van der Waals surface area contributed by atoms with E-state index < -0.39 is 15.8 Å². The van der Waals surface area contributed by atoms with Gasteiger partial charge >= 0.3 is 0 Å². The molecule has 0 radical (unpaired) electrons. The van der Waals surface area contributed by atoms with Gasteiger partial charge in [-0.3, -0.25) is 0 Å². The second kappa shape index (κ2) is 4.91. The molecular weight excluding hydrogens is 255 g/mol. The third-order valence-corrected chi connectivity index (χ3v) is 3.86. The Morgan fingerprint density at radius 2 is 2.11 bits per heavy atom. The van der Waals surface area contributed by atoms with Gasteiger partial charge in [0, 0.05) is 26.0 Å². The molecule has 0 atom stereocenters. The average Bonchev–Trinajstić information content (AvgIpc) is 2.73. The first-order chi connectivity index (χ1) is 8.47. The van der Waals surface area contributed by atoms with Crippen LogP contribution in [-0.4, -0.2) is 13.0 Å². The molecule has 0 saturated heterocycles. The Kier molecular flexibility index (Phi) is 3.49. The van der Waals surface area contributed by atoms with Crippen molar-refractivity contribution in [1.29, 1.82) is 0 Å². The van der Waals surface area contributed by atoms with Gasteiger partial charge in [-0.15, -0.1) is 0 Å². The summed E-state index contributed by atoms with van der Waals surface area (Å²) >= 11 is 0. The van der Waals surface area contributed by atoms with Crippen molar-refractivity contribution in [3.05, 3.63) is 54.1 Å². The van der Waals surface area contributed by atoms with Crippen molar-refractivity contribution < 1.29 is 12.8 Å². The standard InChI is InChI=1S/C12H13FN2O2S/c1-15-6-5-10(9-15)8-14-18(16,17)12-4-2-3-11(13)7-12/h2-7,9,14H,8H2,1H3. The molecule has 0 unspecified atom stereocenters. The molecule has 0 aliphatic carbocycles. The lowest BCUT2D eigenvalue weighted by atomic mass is 10.3. The van der Waals surface area contributed by atoms with Crippen LogP contribution < -0.4 is 4.72 Å². The van der Waals surface area contributed by atoms with Crippen molar-refractivity contribution in [1.82, 2.24) is 9.29 Å². The van der Waals surface area contributed by atoms with Crippen LogP contribution in [0.15, 0.2) is 47.6 Å². The molecule has 0 aliphatic rings. The highest BCUT2D eigenvalue weighted by Crippen LogP contribution is 2.11. The summed E-state index contributed by atoms with van der Waals surface area (Å²) in [5.74, 6) is -0.572. The minimum Gasteiger partial charge on any atom is -0.357 e. The van der Waals surface area contributed by atoms with Crippen LogP contribution in [0.3, 0.4) is 0 Å². The molecule has 0 fully saturated rings. The first-order valence-corrected chi connectivity index (χ1v) is 6.82. The molecule has 1 aromatic carbocycles. The quantitative estimate of drug-likeness (QED) is 0.916. The average molecular weight is 268 g/mol. The third-order valence-electron chi connectivity index (χ3n) is 2.47. The van der Waals surface area contributed by atoms with Crippen LogP contribution in [0.25, 0.3) is 0 Å². The number of nitrogens with zero attached hydrogens (tertiary/aromatic N) is 1. The summed E-state index contributed by atoms with van der Waals surface area (Å²) in [7, 11) is -1.82. The molecule has 4 nitrogen and oxygen atoms in total. The predicted octanol–water partition coefficient (Wildman–Crippen LogP) is 1.64. The maximum atomic E-state index is 13.0. The summed E-state index contributed by atoms with van der Waals surface area (Å²) < 4.78 is 41.0. The zero-order valence-corrected chi connectivity index (χ0v) is 10.6. The Balaban J connectivity index is 2.13. The smallest absolute Gasteiger partial charge is 0.240 e. The highest BCUT2D eigenvalue weighted by atomic mass is 32.2. The highest BCUT2D eigenvalue weighted by Gasteiger charge is 2.14. The summed E-state index contributed by atoms with van der Waals surface area (Å²) in [6.07, 6.45) is 3.64.